The molecule has 0 aromatic heterocycles. The van der Waals surface area contributed by atoms with Gasteiger partial charge >= 0.3 is 5.97 Å². The number of carbonyl (C=O) groups is 1. The van der Waals surface area contributed by atoms with Gasteiger partial charge in [-0.05, 0) is 31.5 Å². The maximum Gasteiger partial charge on any atom is 0.339 e. The zero-order chi connectivity index (χ0) is 11.4. The van der Waals surface area contributed by atoms with Crippen molar-refractivity contribution < 1.29 is 19.4 Å². The molecule has 0 fully saturated rings. The molecule has 0 aliphatic heterocycles. The number of aryl methyl sites for hydroxylation is 1. The van der Waals surface area contributed by atoms with E-state index in [4.69, 9.17) is 14.6 Å². The van der Waals surface area contributed by atoms with Crippen molar-refractivity contribution in [3.8, 4) is 11.5 Å². The molecule has 4 nitrogen and oxygen atoms in total. The molecule has 1 aromatic carbocycles. The third-order valence-electron chi connectivity index (χ3n) is 2.03. The van der Waals surface area contributed by atoms with E-state index in [9.17, 15) is 4.79 Å². The van der Waals surface area contributed by atoms with Gasteiger partial charge in [0.1, 0.15) is 17.1 Å². The highest BCUT2D eigenvalue weighted by molar-refractivity contribution is 5.91. The van der Waals surface area contributed by atoms with Crippen LogP contribution in [-0.2, 0) is 0 Å². The van der Waals surface area contributed by atoms with Crippen LogP contribution in [0.5, 0.6) is 11.5 Å². The van der Waals surface area contributed by atoms with Crippen molar-refractivity contribution in [3.63, 3.8) is 0 Å². The third-order valence-corrected chi connectivity index (χ3v) is 2.03. The lowest BCUT2D eigenvalue weighted by Crippen LogP contribution is -2.03. The molecule has 0 heterocycles. The van der Waals surface area contributed by atoms with Crippen LogP contribution in [0.25, 0.3) is 0 Å². The number of ether oxygens (including phenoxy) is 2. The lowest BCUT2D eigenvalue weighted by molar-refractivity contribution is 0.0692. The number of rotatable bonds is 4. The molecule has 0 radical (unpaired) electrons. The molecule has 0 unspecified atom stereocenters. The van der Waals surface area contributed by atoms with Crippen LogP contribution in [0.2, 0.25) is 0 Å². The fourth-order valence-corrected chi connectivity index (χ4v) is 1.31. The SMILES string of the molecule is CCOc1cc(C(=O)O)c(OC)cc1C. The predicted molar refractivity (Wildman–Crippen MR) is 55.9 cm³/mol. The van der Waals surface area contributed by atoms with E-state index in [0.29, 0.717) is 18.1 Å². The van der Waals surface area contributed by atoms with Gasteiger partial charge in [-0.2, -0.15) is 0 Å². The lowest BCUT2D eigenvalue weighted by atomic mass is 10.1. The molecule has 0 bridgehead atoms. The fourth-order valence-electron chi connectivity index (χ4n) is 1.31. The van der Waals surface area contributed by atoms with Crippen LogP contribution < -0.4 is 9.47 Å². The van der Waals surface area contributed by atoms with E-state index in [2.05, 4.69) is 0 Å². The van der Waals surface area contributed by atoms with Crippen LogP contribution in [0.15, 0.2) is 12.1 Å². The quantitative estimate of drug-likeness (QED) is 0.826. The number of benzene rings is 1. The molecule has 1 N–H and O–H groups in total. The Kier molecular flexibility index (Phi) is 3.55. The molecule has 0 aliphatic carbocycles. The molecule has 0 saturated heterocycles. The van der Waals surface area contributed by atoms with Gasteiger partial charge in [-0.1, -0.05) is 0 Å². The predicted octanol–water partition coefficient (Wildman–Crippen LogP) is 2.10. The molecule has 0 aliphatic rings. The van der Waals surface area contributed by atoms with Gasteiger partial charge < -0.3 is 14.6 Å². The zero-order valence-corrected chi connectivity index (χ0v) is 9.03. The summed E-state index contributed by atoms with van der Waals surface area (Å²) in [5.74, 6) is -0.0908. The van der Waals surface area contributed by atoms with E-state index in [0.717, 1.165) is 5.56 Å². The highest BCUT2D eigenvalue weighted by atomic mass is 16.5. The standard InChI is InChI=1S/C11H14O4/c1-4-15-9-6-8(11(12)13)10(14-3)5-7(9)2/h5-6H,4H2,1-3H3,(H,12,13). The number of methoxy groups -OCH3 is 1. The first-order valence-corrected chi connectivity index (χ1v) is 4.64. The van der Waals surface area contributed by atoms with Crippen molar-refractivity contribution in [3.05, 3.63) is 23.3 Å². The average Bonchev–Trinajstić information content (AvgIpc) is 2.20. The highest BCUT2D eigenvalue weighted by Crippen LogP contribution is 2.28. The Morgan fingerprint density at radius 1 is 1.40 bits per heavy atom. The summed E-state index contributed by atoms with van der Waals surface area (Å²) >= 11 is 0. The van der Waals surface area contributed by atoms with Crippen LogP contribution in [0.3, 0.4) is 0 Å². The number of carboxylic acid groups (broad SMARTS) is 1. The topological polar surface area (TPSA) is 55.8 Å². The Morgan fingerprint density at radius 3 is 2.53 bits per heavy atom. The Bertz CT molecular complexity index is 371. The van der Waals surface area contributed by atoms with Crippen LogP contribution in [0, 0.1) is 6.92 Å². The number of aromatic carboxylic acids is 1. The summed E-state index contributed by atoms with van der Waals surface area (Å²) < 4.78 is 10.3. The van der Waals surface area contributed by atoms with Crippen molar-refractivity contribution in [2.75, 3.05) is 13.7 Å². The van der Waals surface area contributed by atoms with Gasteiger partial charge in [0, 0.05) is 0 Å². The summed E-state index contributed by atoms with van der Waals surface area (Å²) in [6, 6.07) is 3.15. The van der Waals surface area contributed by atoms with Crippen LogP contribution in [0.4, 0.5) is 0 Å². The maximum absolute atomic E-state index is 10.9. The number of hydrogen-bond acceptors (Lipinski definition) is 3. The first kappa shape index (κ1) is 11.4. The maximum atomic E-state index is 10.9. The molecule has 4 heteroatoms. The number of carboxylic acids is 1. The van der Waals surface area contributed by atoms with E-state index in [-0.39, 0.29) is 5.56 Å². The van der Waals surface area contributed by atoms with Gasteiger partial charge in [0.05, 0.1) is 13.7 Å². The second-order valence-corrected chi connectivity index (χ2v) is 3.06. The van der Waals surface area contributed by atoms with Gasteiger partial charge in [-0.25, -0.2) is 4.79 Å². The highest BCUT2D eigenvalue weighted by Gasteiger charge is 2.14. The van der Waals surface area contributed by atoms with E-state index in [1.165, 1.54) is 13.2 Å². The van der Waals surface area contributed by atoms with E-state index < -0.39 is 5.97 Å². The molecule has 1 rings (SSSR count). The third kappa shape index (κ3) is 2.40. The Morgan fingerprint density at radius 2 is 2.07 bits per heavy atom. The second-order valence-electron chi connectivity index (χ2n) is 3.06. The molecule has 0 atom stereocenters. The minimum absolute atomic E-state index is 0.117. The summed E-state index contributed by atoms with van der Waals surface area (Å²) in [6.45, 7) is 4.20. The molecule has 15 heavy (non-hydrogen) atoms. The van der Waals surface area contributed by atoms with Gasteiger partial charge in [0.2, 0.25) is 0 Å². The minimum atomic E-state index is -1.02. The van der Waals surface area contributed by atoms with Gasteiger partial charge in [0.25, 0.3) is 0 Å². The van der Waals surface area contributed by atoms with E-state index in [1.807, 2.05) is 13.8 Å². The molecular weight excluding hydrogens is 196 g/mol. The summed E-state index contributed by atoms with van der Waals surface area (Å²) in [5.41, 5.74) is 0.977. The Hall–Kier alpha value is -1.71. The molecule has 82 valence electrons. The molecule has 0 saturated carbocycles. The smallest absolute Gasteiger partial charge is 0.339 e. The Labute approximate surface area is 88.4 Å². The van der Waals surface area contributed by atoms with E-state index in [1.54, 1.807) is 6.07 Å². The second kappa shape index (κ2) is 4.68. The lowest BCUT2D eigenvalue weighted by Gasteiger charge is -2.11. The summed E-state index contributed by atoms with van der Waals surface area (Å²) in [4.78, 5) is 10.9. The normalized spacial score (nSPS) is 9.80. The zero-order valence-electron chi connectivity index (χ0n) is 9.03. The van der Waals surface area contributed by atoms with Crippen LogP contribution >= 0.6 is 0 Å². The summed E-state index contributed by atoms with van der Waals surface area (Å²) in [6.07, 6.45) is 0. The van der Waals surface area contributed by atoms with Crippen molar-refractivity contribution in [1.82, 2.24) is 0 Å². The van der Waals surface area contributed by atoms with Crippen molar-refractivity contribution in [1.29, 1.82) is 0 Å². The summed E-state index contributed by atoms with van der Waals surface area (Å²) in [5, 5.41) is 8.94. The van der Waals surface area contributed by atoms with Crippen molar-refractivity contribution in [2.45, 2.75) is 13.8 Å². The molecule has 0 amide bonds. The van der Waals surface area contributed by atoms with Crippen molar-refractivity contribution >= 4 is 5.97 Å². The fraction of sp³-hybridized carbons (Fsp3) is 0.364. The van der Waals surface area contributed by atoms with Gasteiger partial charge in [-0.3, -0.25) is 0 Å². The number of hydrogen-bond donors (Lipinski definition) is 1. The van der Waals surface area contributed by atoms with E-state index >= 15 is 0 Å². The monoisotopic (exact) mass is 210 g/mol. The van der Waals surface area contributed by atoms with Gasteiger partial charge in [-0.15, -0.1) is 0 Å². The van der Waals surface area contributed by atoms with Crippen molar-refractivity contribution in [2.24, 2.45) is 0 Å². The minimum Gasteiger partial charge on any atom is -0.496 e. The largest absolute Gasteiger partial charge is 0.496 e. The average molecular weight is 210 g/mol. The Balaban J connectivity index is 3.23. The van der Waals surface area contributed by atoms with Crippen LogP contribution in [-0.4, -0.2) is 24.8 Å². The molecule has 1 aromatic rings. The molecule has 0 spiro atoms. The summed E-state index contributed by atoms with van der Waals surface area (Å²) in [7, 11) is 1.45. The van der Waals surface area contributed by atoms with Gasteiger partial charge in [0.15, 0.2) is 0 Å². The molecular formula is C11H14O4. The first-order valence-electron chi connectivity index (χ1n) is 4.64. The first-order chi connectivity index (χ1) is 7.10. The van der Waals surface area contributed by atoms with Crippen LogP contribution in [0.1, 0.15) is 22.8 Å².